The Kier molecular flexibility index (Phi) is 4.25. The Labute approximate surface area is 89.0 Å². The third-order valence-electron chi connectivity index (χ3n) is 2.22. The minimum Gasteiger partial charge on any atom is -0.341 e. The molecule has 0 N–H and O–H groups in total. The summed E-state index contributed by atoms with van der Waals surface area (Å²) in [5.74, 6) is 1.13. The number of nitrogens with zero attached hydrogens (tertiary/aromatic N) is 1. The zero-order chi connectivity index (χ0) is 10.6. The molecule has 1 aliphatic heterocycles. The highest BCUT2D eigenvalue weighted by atomic mass is 32.2. The van der Waals surface area contributed by atoms with Gasteiger partial charge in [0.25, 0.3) is 0 Å². The highest BCUT2D eigenvalue weighted by Crippen LogP contribution is 2.07. The van der Waals surface area contributed by atoms with Crippen LogP contribution in [0.5, 0.6) is 0 Å². The monoisotopic (exact) mass is 237 g/mol. The van der Waals surface area contributed by atoms with Crippen molar-refractivity contribution in [2.45, 2.75) is 6.42 Å². The van der Waals surface area contributed by atoms with E-state index in [1.54, 1.807) is 16.7 Å². The second-order valence-electron chi connectivity index (χ2n) is 3.28. The molecule has 0 atom stereocenters. The van der Waals surface area contributed by atoms with Crippen molar-refractivity contribution in [3.05, 3.63) is 0 Å². The van der Waals surface area contributed by atoms with Crippen LogP contribution in [0.1, 0.15) is 6.42 Å². The second kappa shape index (κ2) is 5.02. The molecule has 6 heteroatoms. The molecule has 1 fully saturated rings. The Hall–Kier alpha value is -0.230. The number of hydrogen-bond donors (Lipinski definition) is 0. The summed E-state index contributed by atoms with van der Waals surface area (Å²) < 4.78 is 22.2. The Balaban J connectivity index is 2.38. The van der Waals surface area contributed by atoms with Crippen molar-refractivity contribution < 1.29 is 13.2 Å². The highest BCUT2D eigenvalue weighted by molar-refractivity contribution is 7.98. The van der Waals surface area contributed by atoms with Crippen molar-refractivity contribution in [2.75, 3.05) is 36.6 Å². The Morgan fingerprint density at radius 2 is 1.93 bits per heavy atom. The summed E-state index contributed by atoms with van der Waals surface area (Å²) in [5, 5.41) is 0. The largest absolute Gasteiger partial charge is 0.341 e. The van der Waals surface area contributed by atoms with Gasteiger partial charge in [-0.2, -0.15) is 11.8 Å². The van der Waals surface area contributed by atoms with Crippen molar-refractivity contribution in [3.63, 3.8) is 0 Å². The number of sulfone groups is 1. The predicted molar refractivity (Wildman–Crippen MR) is 58.2 cm³/mol. The molecular weight excluding hydrogens is 222 g/mol. The average Bonchev–Trinajstić information content (AvgIpc) is 2.14. The van der Waals surface area contributed by atoms with E-state index in [0.717, 1.165) is 5.75 Å². The first-order valence-corrected chi connectivity index (χ1v) is 7.74. The molecule has 1 rings (SSSR count). The molecule has 1 aliphatic rings. The van der Waals surface area contributed by atoms with Crippen LogP contribution in [0, 0.1) is 0 Å². The van der Waals surface area contributed by atoms with E-state index in [0.29, 0.717) is 19.5 Å². The van der Waals surface area contributed by atoms with Gasteiger partial charge in [0.2, 0.25) is 5.91 Å². The minimum absolute atomic E-state index is 0.0780. The Bertz CT molecular complexity index is 286. The van der Waals surface area contributed by atoms with Gasteiger partial charge in [-0.3, -0.25) is 4.79 Å². The van der Waals surface area contributed by atoms with Crippen LogP contribution in [0.3, 0.4) is 0 Å². The van der Waals surface area contributed by atoms with Gasteiger partial charge in [0.05, 0.1) is 11.5 Å². The molecule has 1 saturated heterocycles. The molecule has 0 spiro atoms. The summed E-state index contributed by atoms with van der Waals surface area (Å²) in [5.41, 5.74) is 0. The predicted octanol–water partition coefficient (Wildman–Crippen LogP) is -0.00350. The van der Waals surface area contributed by atoms with Gasteiger partial charge in [-0.25, -0.2) is 8.42 Å². The zero-order valence-electron chi connectivity index (χ0n) is 8.23. The van der Waals surface area contributed by atoms with Gasteiger partial charge in [-0.15, -0.1) is 0 Å². The summed E-state index contributed by atoms with van der Waals surface area (Å²) in [6, 6.07) is 0. The second-order valence-corrected chi connectivity index (χ2v) is 6.56. The molecule has 0 radical (unpaired) electrons. The standard InChI is InChI=1S/C8H15NO3S2/c1-13-5-2-8(10)9-3-6-14(11,12)7-4-9/h2-7H2,1H3. The molecule has 4 nitrogen and oxygen atoms in total. The smallest absolute Gasteiger partial charge is 0.223 e. The van der Waals surface area contributed by atoms with E-state index in [-0.39, 0.29) is 17.4 Å². The van der Waals surface area contributed by atoms with Crippen LogP contribution in [-0.4, -0.2) is 55.8 Å². The molecule has 0 saturated carbocycles. The van der Waals surface area contributed by atoms with E-state index < -0.39 is 9.84 Å². The summed E-state index contributed by atoms with van der Waals surface area (Å²) in [4.78, 5) is 13.1. The molecular formula is C8H15NO3S2. The van der Waals surface area contributed by atoms with Crippen molar-refractivity contribution in [2.24, 2.45) is 0 Å². The van der Waals surface area contributed by atoms with Crippen molar-refractivity contribution in [1.82, 2.24) is 4.90 Å². The first kappa shape index (κ1) is 11.8. The molecule has 82 valence electrons. The minimum atomic E-state index is -2.87. The summed E-state index contributed by atoms with van der Waals surface area (Å²) in [6.45, 7) is 0.741. The first-order chi connectivity index (χ1) is 6.55. The maximum atomic E-state index is 11.5. The maximum absolute atomic E-state index is 11.5. The molecule has 0 aromatic rings. The van der Waals surface area contributed by atoms with Crippen molar-refractivity contribution in [3.8, 4) is 0 Å². The molecule has 0 aliphatic carbocycles. The molecule has 0 bridgehead atoms. The normalized spacial score (nSPS) is 20.8. The maximum Gasteiger partial charge on any atom is 0.223 e. The van der Waals surface area contributed by atoms with Crippen LogP contribution in [0.25, 0.3) is 0 Å². The Morgan fingerprint density at radius 1 is 1.36 bits per heavy atom. The summed E-state index contributed by atoms with van der Waals surface area (Å²) in [6.07, 6.45) is 2.47. The fourth-order valence-corrected chi connectivity index (χ4v) is 2.89. The van der Waals surface area contributed by atoms with E-state index in [1.807, 2.05) is 6.26 Å². The number of hydrogen-bond acceptors (Lipinski definition) is 4. The van der Waals surface area contributed by atoms with E-state index in [2.05, 4.69) is 0 Å². The molecule has 0 aromatic carbocycles. The van der Waals surface area contributed by atoms with Crippen LogP contribution in [-0.2, 0) is 14.6 Å². The van der Waals surface area contributed by atoms with Crippen molar-refractivity contribution >= 4 is 27.5 Å². The number of amides is 1. The van der Waals surface area contributed by atoms with Gasteiger partial charge in [0.15, 0.2) is 9.84 Å². The van der Waals surface area contributed by atoms with Gasteiger partial charge in [0, 0.05) is 25.3 Å². The summed E-state index contributed by atoms with van der Waals surface area (Å²) in [7, 11) is -2.87. The molecule has 1 heterocycles. The SMILES string of the molecule is CSCCC(=O)N1CCS(=O)(=O)CC1. The lowest BCUT2D eigenvalue weighted by molar-refractivity contribution is -0.130. The van der Waals surface area contributed by atoms with Gasteiger partial charge < -0.3 is 4.90 Å². The van der Waals surface area contributed by atoms with Crippen LogP contribution in [0.4, 0.5) is 0 Å². The fourth-order valence-electron chi connectivity index (χ4n) is 1.31. The van der Waals surface area contributed by atoms with Crippen LogP contribution in [0.15, 0.2) is 0 Å². The van der Waals surface area contributed by atoms with E-state index >= 15 is 0 Å². The highest BCUT2D eigenvalue weighted by Gasteiger charge is 2.24. The van der Waals surface area contributed by atoms with Crippen LogP contribution >= 0.6 is 11.8 Å². The Morgan fingerprint density at radius 3 is 2.43 bits per heavy atom. The summed E-state index contributed by atoms with van der Waals surface area (Å²) >= 11 is 1.63. The number of carbonyl (C=O) groups is 1. The quantitative estimate of drug-likeness (QED) is 0.693. The number of rotatable bonds is 3. The zero-order valence-corrected chi connectivity index (χ0v) is 9.86. The van der Waals surface area contributed by atoms with E-state index in [9.17, 15) is 13.2 Å². The number of carbonyl (C=O) groups excluding carboxylic acids is 1. The fraction of sp³-hybridized carbons (Fsp3) is 0.875. The van der Waals surface area contributed by atoms with E-state index in [4.69, 9.17) is 0 Å². The van der Waals surface area contributed by atoms with Gasteiger partial charge >= 0.3 is 0 Å². The van der Waals surface area contributed by atoms with Gasteiger partial charge in [0.1, 0.15) is 0 Å². The lowest BCUT2D eigenvalue weighted by Gasteiger charge is -2.26. The lowest BCUT2D eigenvalue weighted by atomic mass is 10.4. The van der Waals surface area contributed by atoms with Gasteiger partial charge in [-0.1, -0.05) is 0 Å². The number of thioether (sulfide) groups is 1. The molecule has 0 aromatic heterocycles. The first-order valence-electron chi connectivity index (χ1n) is 4.52. The topological polar surface area (TPSA) is 54.5 Å². The molecule has 0 unspecified atom stereocenters. The lowest BCUT2D eigenvalue weighted by Crippen LogP contribution is -2.43. The molecule has 1 amide bonds. The van der Waals surface area contributed by atoms with Gasteiger partial charge in [-0.05, 0) is 6.26 Å². The van der Waals surface area contributed by atoms with Crippen molar-refractivity contribution in [1.29, 1.82) is 0 Å². The average molecular weight is 237 g/mol. The van der Waals surface area contributed by atoms with E-state index in [1.165, 1.54) is 0 Å². The van der Waals surface area contributed by atoms with Crippen LogP contribution < -0.4 is 0 Å². The van der Waals surface area contributed by atoms with Crippen LogP contribution in [0.2, 0.25) is 0 Å². The third kappa shape index (κ3) is 3.49. The third-order valence-corrected chi connectivity index (χ3v) is 4.44. The molecule has 14 heavy (non-hydrogen) atoms.